The molecular weight excluding hydrogens is 371 g/mol. The van der Waals surface area contributed by atoms with Crippen molar-refractivity contribution in [3.05, 3.63) is 63.9 Å². The van der Waals surface area contributed by atoms with Crippen molar-refractivity contribution in [2.45, 2.75) is 11.4 Å². The third kappa shape index (κ3) is 3.63. The van der Waals surface area contributed by atoms with E-state index in [1.54, 1.807) is 0 Å². The third-order valence-electron chi connectivity index (χ3n) is 2.64. The molecule has 2 aromatic carbocycles. The number of nitrogens with one attached hydrogen (secondary N) is 1. The lowest BCUT2D eigenvalue weighted by atomic mass is 10.2. The predicted molar refractivity (Wildman–Crippen MR) is 74.5 cm³/mol. The van der Waals surface area contributed by atoms with Crippen molar-refractivity contribution < 1.29 is 21.6 Å². The number of hydrogen-bond donors (Lipinski definition) is 1. The monoisotopic (exact) mass is 379 g/mol. The number of sulfonamides is 1. The highest BCUT2D eigenvalue weighted by Gasteiger charge is 2.23. The van der Waals surface area contributed by atoms with E-state index in [1.165, 1.54) is 12.1 Å². The summed E-state index contributed by atoms with van der Waals surface area (Å²) < 4.78 is 66.1. The van der Waals surface area contributed by atoms with E-state index in [1.807, 2.05) is 0 Å². The molecule has 0 saturated heterocycles. The van der Waals surface area contributed by atoms with Crippen LogP contribution in [-0.2, 0) is 16.6 Å². The molecule has 2 rings (SSSR count). The average molecular weight is 380 g/mol. The summed E-state index contributed by atoms with van der Waals surface area (Å²) in [5, 5.41) is 0. The van der Waals surface area contributed by atoms with E-state index in [0.717, 1.165) is 24.3 Å². The fourth-order valence-corrected chi connectivity index (χ4v) is 3.22. The highest BCUT2D eigenvalue weighted by molar-refractivity contribution is 9.10. The van der Waals surface area contributed by atoms with Crippen LogP contribution in [0, 0.1) is 17.5 Å². The van der Waals surface area contributed by atoms with Gasteiger partial charge < -0.3 is 0 Å². The van der Waals surface area contributed by atoms with Crippen LogP contribution in [0.3, 0.4) is 0 Å². The Morgan fingerprint density at radius 2 is 1.62 bits per heavy atom. The Labute approximate surface area is 128 Å². The molecule has 0 bridgehead atoms. The minimum absolute atomic E-state index is 0.163. The number of halogens is 4. The van der Waals surface area contributed by atoms with Crippen molar-refractivity contribution in [1.29, 1.82) is 0 Å². The molecular formula is C13H9BrF3NO2S. The molecule has 0 unspecified atom stereocenters. The molecule has 0 saturated carbocycles. The van der Waals surface area contributed by atoms with Crippen molar-refractivity contribution in [3.8, 4) is 0 Å². The highest BCUT2D eigenvalue weighted by atomic mass is 79.9. The molecule has 3 nitrogen and oxygen atoms in total. The van der Waals surface area contributed by atoms with Gasteiger partial charge in [0.2, 0.25) is 10.0 Å². The number of rotatable bonds is 4. The van der Waals surface area contributed by atoms with Crippen LogP contribution in [0.25, 0.3) is 0 Å². The molecule has 0 spiro atoms. The third-order valence-corrected chi connectivity index (χ3v) is 4.70. The minimum Gasteiger partial charge on any atom is -0.207 e. The topological polar surface area (TPSA) is 46.2 Å². The minimum atomic E-state index is -4.35. The van der Waals surface area contributed by atoms with Crippen LogP contribution in [0.4, 0.5) is 13.2 Å². The van der Waals surface area contributed by atoms with E-state index in [9.17, 15) is 21.6 Å². The first-order valence-electron chi connectivity index (χ1n) is 5.69. The molecule has 0 aliphatic carbocycles. The lowest BCUT2D eigenvalue weighted by Gasteiger charge is -2.09. The summed E-state index contributed by atoms with van der Waals surface area (Å²) in [4.78, 5) is -1.04. The van der Waals surface area contributed by atoms with Crippen molar-refractivity contribution >= 4 is 26.0 Å². The Morgan fingerprint density at radius 1 is 1.00 bits per heavy atom. The van der Waals surface area contributed by atoms with Gasteiger partial charge in [0.25, 0.3) is 0 Å². The Bertz CT molecular complexity index is 761. The second-order valence-electron chi connectivity index (χ2n) is 4.12. The molecule has 112 valence electrons. The molecule has 0 aliphatic heterocycles. The molecule has 0 atom stereocenters. The van der Waals surface area contributed by atoms with Gasteiger partial charge in [-0.1, -0.05) is 12.1 Å². The first-order valence-corrected chi connectivity index (χ1v) is 7.96. The fourth-order valence-electron chi connectivity index (χ4n) is 1.64. The molecule has 1 N–H and O–H groups in total. The van der Waals surface area contributed by atoms with Crippen LogP contribution < -0.4 is 4.72 Å². The van der Waals surface area contributed by atoms with Crippen LogP contribution in [0.1, 0.15) is 5.56 Å². The summed E-state index contributed by atoms with van der Waals surface area (Å²) in [7, 11) is -4.35. The van der Waals surface area contributed by atoms with Crippen molar-refractivity contribution in [2.24, 2.45) is 0 Å². The molecule has 0 fully saturated rings. The van der Waals surface area contributed by atoms with E-state index >= 15 is 0 Å². The summed E-state index contributed by atoms with van der Waals surface area (Å²) in [5.74, 6) is -2.85. The smallest absolute Gasteiger partial charge is 0.207 e. The molecule has 0 aromatic heterocycles. The maximum atomic E-state index is 13.5. The van der Waals surface area contributed by atoms with E-state index < -0.39 is 32.4 Å². The van der Waals surface area contributed by atoms with E-state index in [2.05, 4.69) is 20.7 Å². The van der Waals surface area contributed by atoms with Crippen molar-refractivity contribution in [1.82, 2.24) is 4.72 Å². The zero-order valence-electron chi connectivity index (χ0n) is 10.4. The van der Waals surface area contributed by atoms with E-state index in [0.29, 0.717) is 5.56 Å². The maximum Gasteiger partial charge on any atom is 0.246 e. The van der Waals surface area contributed by atoms with Crippen molar-refractivity contribution in [3.63, 3.8) is 0 Å². The number of hydrogen-bond acceptors (Lipinski definition) is 2. The first kappa shape index (κ1) is 16.0. The standard InChI is InChI=1S/C13H9BrF3NO2S/c14-9-6-8(4-5-10(9)15)7-18-21(19,20)13-11(16)2-1-3-12(13)17/h1-6,18H,7H2. The molecule has 21 heavy (non-hydrogen) atoms. The molecule has 2 aromatic rings. The molecule has 0 heterocycles. The van der Waals surface area contributed by atoms with Gasteiger partial charge in [-0.25, -0.2) is 26.3 Å². The summed E-state index contributed by atoms with van der Waals surface area (Å²) >= 11 is 2.96. The van der Waals surface area contributed by atoms with Crippen LogP contribution in [-0.4, -0.2) is 8.42 Å². The van der Waals surface area contributed by atoms with Crippen LogP contribution >= 0.6 is 15.9 Å². The van der Waals surface area contributed by atoms with E-state index in [-0.39, 0.29) is 11.0 Å². The van der Waals surface area contributed by atoms with Gasteiger partial charge in [0.1, 0.15) is 17.5 Å². The van der Waals surface area contributed by atoms with Gasteiger partial charge in [-0.3, -0.25) is 0 Å². The zero-order chi connectivity index (χ0) is 15.6. The first-order chi connectivity index (χ1) is 9.81. The molecule has 8 heteroatoms. The van der Waals surface area contributed by atoms with Gasteiger partial charge in [-0.05, 0) is 45.8 Å². The van der Waals surface area contributed by atoms with Crippen molar-refractivity contribution in [2.75, 3.05) is 0 Å². The second-order valence-corrected chi connectivity index (χ2v) is 6.68. The fraction of sp³-hybridized carbons (Fsp3) is 0.0769. The summed E-state index contributed by atoms with van der Waals surface area (Å²) in [6.07, 6.45) is 0. The summed E-state index contributed by atoms with van der Waals surface area (Å²) in [6.45, 7) is -0.227. The van der Waals surface area contributed by atoms with E-state index in [4.69, 9.17) is 0 Å². The Kier molecular flexibility index (Phi) is 4.70. The molecule has 0 radical (unpaired) electrons. The van der Waals surface area contributed by atoms with Gasteiger partial charge in [-0.2, -0.15) is 0 Å². The van der Waals surface area contributed by atoms with Crippen LogP contribution in [0.2, 0.25) is 0 Å². The van der Waals surface area contributed by atoms with Crippen LogP contribution in [0.15, 0.2) is 45.8 Å². The summed E-state index contributed by atoms with van der Waals surface area (Å²) in [5.41, 5.74) is 0.434. The molecule has 0 aliphatic rings. The lowest BCUT2D eigenvalue weighted by Crippen LogP contribution is -2.25. The van der Waals surface area contributed by atoms with Gasteiger partial charge in [0.15, 0.2) is 4.90 Å². The predicted octanol–water partition coefficient (Wildman–Crippen LogP) is 3.34. The molecule has 0 amide bonds. The number of benzene rings is 2. The van der Waals surface area contributed by atoms with Crippen LogP contribution in [0.5, 0.6) is 0 Å². The lowest BCUT2D eigenvalue weighted by molar-refractivity contribution is 0.514. The largest absolute Gasteiger partial charge is 0.246 e. The van der Waals surface area contributed by atoms with Gasteiger partial charge in [-0.15, -0.1) is 0 Å². The Hall–Kier alpha value is -1.38. The average Bonchev–Trinajstić information content (AvgIpc) is 2.40. The normalized spacial score (nSPS) is 11.6. The maximum absolute atomic E-state index is 13.5. The Balaban J connectivity index is 2.24. The zero-order valence-corrected chi connectivity index (χ0v) is 12.8. The highest BCUT2D eigenvalue weighted by Crippen LogP contribution is 2.20. The SMILES string of the molecule is O=S(=O)(NCc1ccc(F)c(Br)c1)c1c(F)cccc1F. The quantitative estimate of drug-likeness (QED) is 0.885. The van der Waals surface area contributed by atoms with Gasteiger partial charge in [0, 0.05) is 6.54 Å². The van der Waals surface area contributed by atoms with Gasteiger partial charge in [0.05, 0.1) is 4.47 Å². The second kappa shape index (κ2) is 6.17. The summed E-state index contributed by atoms with van der Waals surface area (Å²) in [6, 6.07) is 6.66. The van der Waals surface area contributed by atoms with Gasteiger partial charge >= 0.3 is 0 Å². The Morgan fingerprint density at radius 3 is 2.19 bits per heavy atom.